The van der Waals surface area contributed by atoms with Gasteiger partial charge in [-0.2, -0.15) is 0 Å². The van der Waals surface area contributed by atoms with Gasteiger partial charge in [0.15, 0.2) is 0 Å². The van der Waals surface area contributed by atoms with E-state index in [0.29, 0.717) is 17.8 Å². The number of morpholine rings is 1. The fourth-order valence-electron chi connectivity index (χ4n) is 4.57. The lowest BCUT2D eigenvalue weighted by Crippen LogP contribution is -2.40. The molecule has 2 bridgehead atoms. The summed E-state index contributed by atoms with van der Waals surface area (Å²) in [6.07, 6.45) is 5.34. The zero-order valence-corrected chi connectivity index (χ0v) is 14.8. The van der Waals surface area contributed by atoms with Crippen molar-refractivity contribution in [2.24, 2.45) is 0 Å². The first-order valence-corrected chi connectivity index (χ1v) is 9.51. The van der Waals surface area contributed by atoms with Crippen LogP contribution < -0.4 is 4.90 Å². The van der Waals surface area contributed by atoms with Crippen molar-refractivity contribution in [3.05, 3.63) is 47.3 Å². The first-order valence-electron chi connectivity index (χ1n) is 9.51. The monoisotopic (exact) mass is 352 g/mol. The molecule has 3 aliphatic heterocycles. The Kier molecular flexibility index (Phi) is 4.02. The van der Waals surface area contributed by atoms with E-state index in [1.165, 1.54) is 17.7 Å². The van der Waals surface area contributed by atoms with Crippen LogP contribution in [0.1, 0.15) is 35.7 Å². The zero-order valence-electron chi connectivity index (χ0n) is 14.8. The van der Waals surface area contributed by atoms with E-state index in [-0.39, 0.29) is 0 Å². The molecule has 2 aromatic rings. The number of phenols is 1. The van der Waals surface area contributed by atoms with Crippen molar-refractivity contribution in [2.45, 2.75) is 37.9 Å². The third-order valence-electron chi connectivity index (χ3n) is 5.96. The Bertz CT molecular complexity index is 806. The quantitative estimate of drug-likeness (QED) is 0.914. The van der Waals surface area contributed by atoms with Crippen LogP contribution in [0.15, 0.2) is 30.5 Å². The van der Waals surface area contributed by atoms with Gasteiger partial charge in [0, 0.05) is 55.5 Å². The average Bonchev–Trinajstić information content (AvgIpc) is 2.96. The van der Waals surface area contributed by atoms with E-state index in [0.717, 1.165) is 57.2 Å². The number of aromatic hydroxyl groups is 1. The molecule has 6 heteroatoms. The summed E-state index contributed by atoms with van der Waals surface area (Å²) < 4.78 is 5.43. The smallest absolute Gasteiger partial charge is 0.225 e. The molecule has 136 valence electrons. The summed E-state index contributed by atoms with van der Waals surface area (Å²) in [5.41, 5.74) is 3.48. The molecule has 3 aliphatic rings. The predicted molar refractivity (Wildman–Crippen MR) is 98.2 cm³/mol. The Balaban J connectivity index is 1.41. The third kappa shape index (κ3) is 2.73. The van der Waals surface area contributed by atoms with Gasteiger partial charge in [0.25, 0.3) is 0 Å². The average molecular weight is 352 g/mol. The summed E-state index contributed by atoms with van der Waals surface area (Å²) in [4.78, 5) is 14.3. The number of hydrogen-bond acceptors (Lipinski definition) is 6. The summed E-state index contributed by atoms with van der Waals surface area (Å²) in [6, 6.07) is 8.52. The first-order chi connectivity index (χ1) is 12.8. The highest BCUT2D eigenvalue weighted by Crippen LogP contribution is 2.44. The number of hydrogen-bond donors (Lipinski definition) is 1. The summed E-state index contributed by atoms with van der Waals surface area (Å²) in [5.74, 6) is 1.23. The van der Waals surface area contributed by atoms with Gasteiger partial charge < -0.3 is 14.7 Å². The molecular weight excluding hydrogens is 328 g/mol. The highest BCUT2D eigenvalue weighted by atomic mass is 16.5. The molecule has 1 aromatic carbocycles. The summed E-state index contributed by atoms with van der Waals surface area (Å²) >= 11 is 0. The van der Waals surface area contributed by atoms with E-state index in [9.17, 15) is 5.11 Å². The van der Waals surface area contributed by atoms with E-state index >= 15 is 0 Å². The Hall–Kier alpha value is -2.18. The van der Waals surface area contributed by atoms with Crippen molar-refractivity contribution in [2.75, 3.05) is 31.2 Å². The highest BCUT2D eigenvalue weighted by molar-refractivity contribution is 5.38. The SMILES string of the molecule is Oc1ccccc1CN1[C@H]2CC[C@H]1c1cnc(N3CCOCC3)nc1C2. The number of aromatic nitrogens is 2. The van der Waals surface area contributed by atoms with E-state index in [1.54, 1.807) is 6.07 Å². The van der Waals surface area contributed by atoms with Crippen molar-refractivity contribution in [3.8, 4) is 5.75 Å². The lowest BCUT2D eigenvalue weighted by molar-refractivity contribution is 0.122. The highest BCUT2D eigenvalue weighted by Gasteiger charge is 2.41. The molecule has 0 amide bonds. The van der Waals surface area contributed by atoms with Gasteiger partial charge in [-0.15, -0.1) is 0 Å². The Morgan fingerprint density at radius 2 is 2.00 bits per heavy atom. The largest absolute Gasteiger partial charge is 0.508 e. The van der Waals surface area contributed by atoms with Gasteiger partial charge in [0.2, 0.25) is 5.95 Å². The molecule has 0 unspecified atom stereocenters. The van der Waals surface area contributed by atoms with Gasteiger partial charge in [-0.25, -0.2) is 9.97 Å². The van der Waals surface area contributed by atoms with Gasteiger partial charge in [0.05, 0.1) is 18.9 Å². The van der Waals surface area contributed by atoms with Gasteiger partial charge in [0.1, 0.15) is 5.75 Å². The molecule has 0 radical (unpaired) electrons. The fraction of sp³-hybridized carbons (Fsp3) is 0.500. The molecule has 0 saturated carbocycles. The molecule has 6 nitrogen and oxygen atoms in total. The van der Waals surface area contributed by atoms with Crippen LogP contribution >= 0.6 is 0 Å². The molecule has 2 fully saturated rings. The normalized spacial score (nSPS) is 25.3. The van der Waals surface area contributed by atoms with Gasteiger partial charge in [-0.3, -0.25) is 4.90 Å². The summed E-state index contributed by atoms with van der Waals surface area (Å²) in [6.45, 7) is 4.02. The van der Waals surface area contributed by atoms with Crippen LogP contribution in [0.2, 0.25) is 0 Å². The van der Waals surface area contributed by atoms with E-state index in [1.807, 2.05) is 24.4 Å². The molecule has 26 heavy (non-hydrogen) atoms. The maximum Gasteiger partial charge on any atom is 0.225 e. The minimum Gasteiger partial charge on any atom is -0.508 e. The Morgan fingerprint density at radius 1 is 1.15 bits per heavy atom. The number of phenolic OH excluding ortho intramolecular Hbond substituents is 1. The molecule has 2 saturated heterocycles. The van der Waals surface area contributed by atoms with E-state index in [2.05, 4.69) is 14.8 Å². The second kappa shape index (κ2) is 6.52. The molecule has 1 N–H and O–H groups in total. The van der Waals surface area contributed by atoms with Gasteiger partial charge >= 0.3 is 0 Å². The second-order valence-electron chi connectivity index (χ2n) is 7.42. The standard InChI is InChI=1S/C20H24N4O2/c25-19-4-2-1-3-14(19)13-24-15-5-6-18(24)16-12-21-20(22-17(16)11-15)23-7-9-26-10-8-23/h1-4,12,15,18,25H,5-11,13H2/t15-,18-/m0/s1. The van der Waals surface area contributed by atoms with Gasteiger partial charge in [-0.1, -0.05) is 18.2 Å². The maximum atomic E-state index is 10.1. The molecular formula is C20H24N4O2. The maximum absolute atomic E-state index is 10.1. The number of rotatable bonds is 3. The van der Waals surface area contributed by atoms with Crippen LogP contribution in [-0.4, -0.2) is 52.3 Å². The fourth-order valence-corrected chi connectivity index (χ4v) is 4.57. The predicted octanol–water partition coefficient (Wildman–Crippen LogP) is 2.28. The van der Waals surface area contributed by atoms with Crippen molar-refractivity contribution < 1.29 is 9.84 Å². The van der Waals surface area contributed by atoms with Crippen molar-refractivity contribution in [1.82, 2.24) is 14.9 Å². The zero-order chi connectivity index (χ0) is 17.5. The number of para-hydroxylation sites is 1. The minimum absolute atomic E-state index is 0.363. The number of fused-ring (bicyclic) bond motifs is 4. The molecule has 1 aromatic heterocycles. The number of ether oxygens (including phenoxy) is 1. The van der Waals surface area contributed by atoms with Crippen LogP contribution in [0, 0.1) is 0 Å². The van der Waals surface area contributed by atoms with Crippen LogP contribution in [0.4, 0.5) is 5.95 Å². The Labute approximate surface area is 153 Å². The summed E-state index contributed by atoms with van der Waals surface area (Å²) in [5, 5.41) is 10.1. The van der Waals surface area contributed by atoms with Crippen LogP contribution in [0.25, 0.3) is 0 Å². The van der Waals surface area contributed by atoms with E-state index in [4.69, 9.17) is 9.72 Å². The first kappa shape index (κ1) is 16.0. The molecule has 0 spiro atoms. The number of benzene rings is 1. The minimum atomic E-state index is 0.363. The van der Waals surface area contributed by atoms with Crippen molar-refractivity contribution >= 4 is 5.95 Å². The molecule has 0 aliphatic carbocycles. The molecule has 4 heterocycles. The van der Waals surface area contributed by atoms with Crippen LogP contribution in [-0.2, 0) is 17.7 Å². The number of nitrogens with zero attached hydrogens (tertiary/aromatic N) is 4. The lowest BCUT2D eigenvalue weighted by Gasteiger charge is -2.36. The summed E-state index contributed by atoms with van der Waals surface area (Å²) in [7, 11) is 0. The lowest BCUT2D eigenvalue weighted by atomic mass is 9.98. The van der Waals surface area contributed by atoms with Crippen LogP contribution in [0.5, 0.6) is 5.75 Å². The van der Waals surface area contributed by atoms with E-state index < -0.39 is 0 Å². The van der Waals surface area contributed by atoms with Crippen molar-refractivity contribution in [3.63, 3.8) is 0 Å². The number of anilines is 1. The third-order valence-corrected chi connectivity index (χ3v) is 5.96. The van der Waals surface area contributed by atoms with Crippen molar-refractivity contribution in [1.29, 1.82) is 0 Å². The molecule has 5 rings (SSSR count). The van der Waals surface area contributed by atoms with Gasteiger partial charge in [-0.05, 0) is 18.9 Å². The topological polar surface area (TPSA) is 61.7 Å². The Morgan fingerprint density at radius 3 is 2.85 bits per heavy atom. The molecule has 2 atom stereocenters. The second-order valence-corrected chi connectivity index (χ2v) is 7.42. The van der Waals surface area contributed by atoms with Crippen LogP contribution in [0.3, 0.4) is 0 Å².